The van der Waals surface area contributed by atoms with E-state index in [4.69, 9.17) is 0 Å². The monoisotopic (exact) mass is 226 g/mol. The van der Waals surface area contributed by atoms with Crippen molar-refractivity contribution < 1.29 is 9.90 Å². The predicted octanol–water partition coefficient (Wildman–Crippen LogP) is 0.0728. The van der Waals surface area contributed by atoms with Gasteiger partial charge in [0.15, 0.2) is 0 Å². The second-order valence-electron chi connectivity index (χ2n) is 5.78. The predicted molar refractivity (Wildman–Crippen MR) is 61.9 cm³/mol. The van der Waals surface area contributed by atoms with Crippen LogP contribution in [0, 0.1) is 17.3 Å². The van der Waals surface area contributed by atoms with Crippen molar-refractivity contribution in [3.8, 4) is 0 Å². The van der Waals surface area contributed by atoms with Gasteiger partial charge in [0.2, 0.25) is 5.91 Å². The summed E-state index contributed by atoms with van der Waals surface area (Å²) in [6, 6.07) is 0. The summed E-state index contributed by atoms with van der Waals surface area (Å²) in [5, 5.41) is 12.5. The summed E-state index contributed by atoms with van der Waals surface area (Å²) < 4.78 is 0. The lowest BCUT2D eigenvalue weighted by molar-refractivity contribution is -0.134. The summed E-state index contributed by atoms with van der Waals surface area (Å²) in [5.74, 6) is 0.660. The Hall–Kier alpha value is -0.610. The third kappa shape index (κ3) is 2.09. The number of likely N-dealkylation sites (tertiary alicyclic amines) is 1. The summed E-state index contributed by atoms with van der Waals surface area (Å²) in [6.07, 6.45) is 0.958. The molecule has 0 aliphatic carbocycles. The van der Waals surface area contributed by atoms with Gasteiger partial charge in [-0.05, 0) is 18.4 Å². The van der Waals surface area contributed by atoms with Crippen LogP contribution in [0.4, 0.5) is 0 Å². The van der Waals surface area contributed by atoms with Gasteiger partial charge in [-0.3, -0.25) is 4.79 Å². The number of rotatable bonds is 2. The van der Waals surface area contributed by atoms with Crippen LogP contribution in [0.3, 0.4) is 0 Å². The number of hydrogen-bond acceptors (Lipinski definition) is 3. The SMILES string of the molecule is CC1(C)CN(C(=O)[C@@H]2CCNC2)C[C@@H]1CO. The summed E-state index contributed by atoms with van der Waals surface area (Å²) in [4.78, 5) is 14.1. The Morgan fingerprint density at radius 2 is 2.31 bits per heavy atom. The van der Waals surface area contributed by atoms with E-state index in [0.717, 1.165) is 32.6 Å². The van der Waals surface area contributed by atoms with Crippen LogP contribution in [0.15, 0.2) is 0 Å². The summed E-state index contributed by atoms with van der Waals surface area (Å²) >= 11 is 0. The molecule has 0 bridgehead atoms. The van der Waals surface area contributed by atoms with Crippen LogP contribution in [-0.4, -0.2) is 48.7 Å². The molecule has 0 aromatic heterocycles. The average molecular weight is 226 g/mol. The maximum atomic E-state index is 12.2. The largest absolute Gasteiger partial charge is 0.396 e. The minimum absolute atomic E-state index is 0.0520. The second kappa shape index (κ2) is 4.34. The van der Waals surface area contributed by atoms with Crippen LogP contribution in [0.5, 0.6) is 0 Å². The fourth-order valence-corrected chi connectivity index (χ4v) is 2.80. The summed E-state index contributed by atoms with van der Waals surface area (Å²) in [6.45, 7) is 7.73. The molecule has 4 nitrogen and oxygen atoms in total. The fourth-order valence-electron chi connectivity index (χ4n) is 2.80. The van der Waals surface area contributed by atoms with Crippen LogP contribution >= 0.6 is 0 Å². The summed E-state index contributed by atoms with van der Waals surface area (Å²) in [5.41, 5.74) is 0.0520. The molecule has 2 heterocycles. The number of nitrogens with zero attached hydrogens (tertiary/aromatic N) is 1. The van der Waals surface area contributed by atoms with Crippen LogP contribution in [0.1, 0.15) is 20.3 Å². The van der Waals surface area contributed by atoms with Crippen LogP contribution < -0.4 is 5.32 Å². The molecule has 2 atom stereocenters. The van der Waals surface area contributed by atoms with Crippen molar-refractivity contribution in [2.45, 2.75) is 20.3 Å². The molecular formula is C12H22N2O2. The van der Waals surface area contributed by atoms with Gasteiger partial charge in [0.25, 0.3) is 0 Å². The number of nitrogens with one attached hydrogen (secondary N) is 1. The Labute approximate surface area is 97.0 Å². The van der Waals surface area contributed by atoms with E-state index >= 15 is 0 Å². The van der Waals surface area contributed by atoms with Gasteiger partial charge in [0.05, 0.1) is 5.92 Å². The first-order valence-electron chi connectivity index (χ1n) is 6.15. The van der Waals surface area contributed by atoms with Crippen molar-refractivity contribution in [2.24, 2.45) is 17.3 Å². The fraction of sp³-hybridized carbons (Fsp3) is 0.917. The highest BCUT2D eigenvalue weighted by molar-refractivity contribution is 5.79. The van der Waals surface area contributed by atoms with Gasteiger partial charge in [0.1, 0.15) is 0 Å². The molecule has 16 heavy (non-hydrogen) atoms. The van der Waals surface area contributed by atoms with Gasteiger partial charge >= 0.3 is 0 Å². The Morgan fingerprint density at radius 3 is 2.81 bits per heavy atom. The van der Waals surface area contributed by atoms with Crippen molar-refractivity contribution in [1.29, 1.82) is 0 Å². The van der Waals surface area contributed by atoms with E-state index in [2.05, 4.69) is 19.2 Å². The van der Waals surface area contributed by atoms with Crippen LogP contribution in [-0.2, 0) is 4.79 Å². The van der Waals surface area contributed by atoms with Gasteiger partial charge in [-0.15, -0.1) is 0 Å². The zero-order valence-corrected chi connectivity index (χ0v) is 10.2. The smallest absolute Gasteiger partial charge is 0.227 e. The minimum Gasteiger partial charge on any atom is -0.396 e. The molecule has 0 saturated carbocycles. The number of aliphatic hydroxyl groups excluding tert-OH is 1. The molecule has 2 aliphatic rings. The lowest BCUT2D eigenvalue weighted by Crippen LogP contribution is -2.36. The van der Waals surface area contributed by atoms with E-state index in [1.807, 2.05) is 4.90 Å². The van der Waals surface area contributed by atoms with Crippen molar-refractivity contribution in [2.75, 3.05) is 32.8 Å². The van der Waals surface area contributed by atoms with Crippen molar-refractivity contribution in [3.05, 3.63) is 0 Å². The molecule has 2 rings (SSSR count). The number of amides is 1. The molecule has 92 valence electrons. The van der Waals surface area contributed by atoms with E-state index in [1.165, 1.54) is 0 Å². The first-order chi connectivity index (χ1) is 7.54. The Morgan fingerprint density at radius 1 is 1.56 bits per heavy atom. The van der Waals surface area contributed by atoms with E-state index in [-0.39, 0.29) is 29.8 Å². The van der Waals surface area contributed by atoms with Gasteiger partial charge in [-0.25, -0.2) is 0 Å². The third-order valence-corrected chi connectivity index (χ3v) is 4.09. The van der Waals surface area contributed by atoms with Gasteiger partial charge < -0.3 is 15.3 Å². The van der Waals surface area contributed by atoms with Crippen LogP contribution in [0.25, 0.3) is 0 Å². The first-order valence-corrected chi connectivity index (χ1v) is 6.15. The number of carbonyl (C=O) groups is 1. The van der Waals surface area contributed by atoms with Gasteiger partial charge in [-0.1, -0.05) is 13.8 Å². The zero-order valence-electron chi connectivity index (χ0n) is 10.2. The van der Waals surface area contributed by atoms with E-state index in [0.29, 0.717) is 0 Å². The quantitative estimate of drug-likeness (QED) is 0.701. The van der Waals surface area contributed by atoms with Gasteiger partial charge in [-0.2, -0.15) is 0 Å². The molecule has 2 fully saturated rings. The lowest BCUT2D eigenvalue weighted by atomic mass is 9.83. The van der Waals surface area contributed by atoms with Crippen molar-refractivity contribution in [3.63, 3.8) is 0 Å². The molecule has 0 radical (unpaired) electrons. The molecule has 4 heteroatoms. The minimum atomic E-state index is 0.0520. The highest BCUT2D eigenvalue weighted by Crippen LogP contribution is 2.35. The topological polar surface area (TPSA) is 52.6 Å². The Kier molecular flexibility index (Phi) is 3.22. The highest BCUT2D eigenvalue weighted by Gasteiger charge is 2.42. The lowest BCUT2D eigenvalue weighted by Gasteiger charge is -2.23. The standard InChI is InChI=1S/C12H22N2O2/c1-12(2)8-14(6-10(12)7-15)11(16)9-3-4-13-5-9/h9-10,13,15H,3-8H2,1-2H3/t9-,10-/m1/s1. The third-order valence-electron chi connectivity index (χ3n) is 4.09. The Bertz CT molecular complexity index is 272. The molecule has 2 saturated heterocycles. The molecule has 1 amide bonds. The first kappa shape index (κ1) is 11.9. The van der Waals surface area contributed by atoms with Crippen LogP contribution in [0.2, 0.25) is 0 Å². The van der Waals surface area contributed by atoms with E-state index in [9.17, 15) is 9.90 Å². The average Bonchev–Trinajstić information content (AvgIpc) is 2.83. The molecule has 0 unspecified atom stereocenters. The maximum Gasteiger partial charge on any atom is 0.227 e. The zero-order chi connectivity index (χ0) is 11.8. The molecule has 0 spiro atoms. The highest BCUT2D eigenvalue weighted by atomic mass is 16.3. The van der Waals surface area contributed by atoms with E-state index in [1.54, 1.807) is 0 Å². The molecule has 2 aliphatic heterocycles. The molecule has 0 aromatic carbocycles. The van der Waals surface area contributed by atoms with Crippen molar-refractivity contribution in [1.82, 2.24) is 10.2 Å². The Balaban J connectivity index is 1.99. The number of hydrogen-bond donors (Lipinski definition) is 2. The molecular weight excluding hydrogens is 204 g/mol. The maximum absolute atomic E-state index is 12.2. The number of carbonyl (C=O) groups excluding carboxylic acids is 1. The van der Waals surface area contributed by atoms with E-state index < -0.39 is 0 Å². The van der Waals surface area contributed by atoms with Crippen molar-refractivity contribution >= 4 is 5.91 Å². The normalized spacial score (nSPS) is 33.3. The second-order valence-corrected chi connectivity index (χ2v) is 5.78. The number of aliphatic hydroxyl groups is 1. The summed E-state index contributed by atoms with van der Waals surface area (Å²) in [7, 11) is 0. The molecule has 0 aromatic rings. The van der Waals surface area contributed by atoms with Gasteiger partial charge in [0, 0.05) is 32.2 Å². The molecule has 2 N–H and O–H groups in total.